The third kappa shape index (κ3) is 4.67. The van der Waals surface area contributed by atoms with Crippen LogP contribution in [0.2, 0.25) is 0 Å². The van der Waals surface area contributed by atoms with Gasteiger partial charge in [-0.3, -0.25) is 0 Å². The van der Waals surface area contributed by atoms with E-state index in [1.54, 1.807) is 6.07 Å². The van der Waals surface area contributed by atoms with Gasteiger partial charge in [-0.25, -0.2) is 22.8 Å². The second-order valence-corrected chi connectivity index (χ2v) is 9.32. The van der Waals surface area contributed by atoms with Crippen molar-refractivity contribution in [1.29, 1.82) is 5.26 Å². The molecule has 1 aliphatic heterocycles. The van der Waals surface area contributed by atoms with E-state index >= 15 is 0 Å². The van der Waals surface area contributed by atoms with E-state index in [1.807, 2.05) is 6.07 Å². The predicted octanol–water partition coefficient (Wildman–Crippen LogP) is 2.16. The largest absolute Gasteiger partial charge is 0.394 e. The van der Waals surface area contributed by atoms with Crippen LogP contribution in [0.1, 0.15) is 11.7 Å². The maximum atomic E-state index is 13.6. The Morgan fingerprint density at radius 3 is 2.53 bits per heavy atom. The van der Waals surface area contributed by atoms with Gasteiger partial charge in [0.2, 0.25) is 0 Å². The Balaban J connectivity index is 1.66. The summed E-state index contributed by atoms with van der Waals surface area (Å²) >= 11 is 4.22. The maximum absolute atomic E-state index is 13.6. The number of benzene rings is 1. The quantitative estimate of drug-likeness (QED) is 0.403. The average molecular weight is 558 g/mol. The SMILES string of the molecule is N#Cc1ncc(Br)cc1S[C@H]1OC(CO)[C@H](O)[C@H](n2cc(-c3cc(F)c(F)c(F)c3)nn2)C1O. The molecule has 5 atom stereocenters. The molecule has 9 nitrogen and oxygen atoms in total. The van der Waals surface area contributed by atoms with Crippen molar-refractivity contribution in [1.82, 2.24) is 20.0 Å². The lowest BCUT2D eigenvalue weighted by atomic mass is 9.97. The lowest BCUT2D eigenvalue weighted by molar-refractivity contribution is -0.178. The molecular weight excluding hydrogens is 543 g/mol. The van der Waals surface area contributed by atoms with Crippen LogP contribution in [0.25, 0.3) is 11.3 Å². The minimum absolute atomic E-state index is 0.0450. The molecule has 1 fully saturated rings. The molecule has 178 valence electrons. The van der Waals surface area contributed by atoms with Gasteiger partial charge in [-0.15, -0.1) is 5.10 Å². The molecule has 2 unspecified atom stereocenters. The van der Waals surface area contributed by atoms with Crippen molar-refractivity contribution in [3.63, 3.8) is 0 Å². The monoisotopic (exact) mass is 557 g/mol. The number of nitriles is 1. The fourth-order valence-corrected chi connectivity index (χ4v) is 5.09. The van der Waals surface area contributed by atoms with E-state index in [0.29, 0.717) is 9.37 Å². The third-order valence-electron chi connectivity index (χ3n) is 5.11. The fraction of sp³-hybridized carbons (Fsp3) is 0.300. The first kappa shape index (κ1) is 24.6. The second kappa shape index (κ2) is 9.98. The van der Waals surface area contributed by atoms with E-state index in [2.05, 4.69) is 31.2 Å². The lowest BCUT2D eigenvalue weighted by Gasteiger charge is -2.41. The van der Waals surface area contributed by atoms with Crippen LogP contribution in [-0.2, 0) is 4.74 Å². The highest BCUT2D eigenvalue weighted by atomic mass is 79.9. The summed E-state index contributed by atoms with van der Waals surface area (Å²) in [6, 6.07) is 3.82. The van der Waals surface area contributed by atoms with Gasteiger partial charge >= 0.3 is 0 Å². The zero-order valence-corrected chi connectivity index (χ0v) is 19.3. The van der Waals surface area contributed by atoms with Gasteiger partial charge in [0, 0.05) is 21.1 Å². The first-order valence-electron chi connectivity index (χ1n) is 9.65. The molecule has 0 bridgehead atoms. The number of aliphatic hydroxyl groups excluding tert-OH is 3. The number of aliphatic hydroxyl groups is 3. The van der Waals surface area contributed by atoms with Gasteiger partial charge < -0.3 is 20.1 Å². The van der Waals surface area contributed by atoms with Gasteiger partial charge in [0.1, 0.15) is 41.6 Å². The molecule has 0 aliphatic carbocycles. The summed E-state index contributed by atoms with van der Waals surface area (Å²) in [4.78, 5) is 4.37. The second-order valence-electron chi connectivity index (χ2n) is 7.26. The highest BCUT2D eigenvalue weighted by Crippen LogP contribution is 2.39. The first-order chi connectivity index (χ1) is 16.2. The molecule has 3 N–H and O–H groups in total. The topological polar surface area (TPSA) is 137 Å². The van der Waals surface area contributed by atoms with Gasteiger partial charge in [-0.1, -0.05) is 17.0 Å². The van der Waals surface area contributed by atoms with Crippen LogP contribution >= 0.6 is 27.7 Å². The van der Waals surface area contributed by atoms with Crippen LogP contribution < -0.4 is 0 Å². The minimum atomic E-state index is -1.63. The van der Waals surface area contributed by atoms with E-state index in [-0.39, 0.29) is 17.0 Å². The molecule has 0 saturated carbocycles. The van der Waals surface area contributed by atoms with E-state index in [1.165, 1.54) is 12.4 Å². The summed E-state index contributed by atoms with van der Waals surface area (Å²) in [5.41, 5.74) is -1.14. The molecule has 1 aliphatic rings. The number of nitrogens with zero attached hydrogens (tertiary/aromatic N) is 5. The van der Waals surface area contributed by atoms with Gasteiger partial charge in [-0.2, -0.15) is 5.26 Å². The highest BCUT2D eigenvalue weighted by molar-refractivity contribution is 9.10. The summed E-state index contributed by atoms with van der Waals surface area (Å²) in [6.07, 6.45) is -1.35. The van der Waals surface area contributed by atoms with E-state index in [9.17, 15) is 33.8 Å². The van der Waals surface area contributed by atoms with Crippen molar-refractivity contribution in [3.05, 3.63) is 58.2 Å². The van der Waals surface area contributed by atoms with Crippen LogP contribution in [0, 0.1) is 28.8 Å². The molecule has 0 amide bonds. The number of ether oxygens (including phenoxy) is 1. The van der Waals surface area contributed by atoms with Gasteiger partial charge in [0.25, 0.3) is 0 Å². The van der Waals surface area contributed by atoms with Crippen LogP contribution in [0.3, 0.4) is 0 Å². The number of hydrogen-bond acceptors (Lipinski definition) is 9. The van der Waals surface area contributed by atoms with E-state index in [0.717, 1.165) is 28.6 Å². The summed E-state index contributed by atoms with van der Waals surface area (Å²) in [7, 11) is 0. The standard InChI is InChI=1S/C20H15BrF3N5O4S/c21-9-3-15(12(4-25)26-5-9)34-20-19(32)17(18(31)14(7-30)33-20)29-6-13(27-28-29)8-1-10(22)16(24)11(23)2-8/h1-3,5-6,14,17-20,30-32H,7H2/t14?,17-,18-,19?,20+/m0/s1. The Hall–Kier alpha value is -2.54. The smallest absolute Gasteiger partial charge is 0.194 e. The molecule has 1 saturated heterocycles. The molecule has 3 aromatic rings. The molecule has 34 heavy (non-hydrogen) atoms. The summed E-state index contributed by atoms with van der Waals surface area (Å²) in [6.45, 7) is -0.598. The zero-order valence-electron chi connectivity index (χ0n) is 16.9. The van der Waals surface area contributed by atoms with Crippen molar-refractivity contribution < 1.29 is 33.2 Å². The Kier molecular flexibility index (Phi) is 7.22. The molecule has 14 heteroatoms. The summed E-state index contributed by atoms with van der Waals surface area (Å²) < 4.78 is 47.8. The summed E-state index contributed by atoms with van der Waals surface area (Å²) in [5.74, 6) is -4.46. The third-order valence-corrected chi connectivity index (χ3v) is 6.73. The number of thioether (sulfide) groups is 1. The molecule has 0 radical (unpaired) electrons. The molecule has 3 heterocycles. The van der Waals surface area contributed by atoms with Crippen molar-refractivity contribution >= 4 is 27.7 Å². The number of pyridine rings is 1. The first-order valence-corrected chi connectivity index (χ1v) is 11.3. The fourth-order valence-electron chi connectivity index (χ4n) is 3.46. The van der Waals surface area contributed by atoms with Gasteiger partial charge in [0.15, 0.2) is 23.1 Å². The number of halogens is 4. The number of hydrogen-bond donors (Lipinski definition) is 3. The summed E-state index contributed by atoms with van der Waals surface area (Å²) in [5, 5.41) is 48.4. The maximum Gasteiger partial charge on any atom is 0.194 e. The Bertz CT molecular complexity index is 1240. The highest BCUT2D eigenvalue weighted by Gasteiger charge is 2.46. The normalized spacial score (nSPS) is 24.7. The van der Waals surface area contributed by atoms with Crippen molar-refractivity contribution in [3.8, 4) is 17.3 Å². The van der Waals surface area contributed by atoms with Crippen molar-refractivity contribution in [2.24, 2.45) is 0 Å². The van der Waals surface area contributed by atoms with Gasteiger partial charge in [-0.05, 0) is 34.1 Å². The van der Waals surface area contributed by atoms with Gasteiger partial charge in [0.05, 0.1) is 12.8 Å². The zero-order chi connectivity index (χ0) is 24.6. The number of rotatable bonds is 5. The van der Waals surface area contributed by atoms with E-state index in [4.69, 9.17) is 4.74 Å². The van der Waals surface area contributed by atoms with Crippen LogP contribution in [0.4, 0.5) is 13.2 Å². The number of aromatic nitrogens is 4. The van der Waals surface area contributed by atoms with Crippen LogP contribution in [-0.4, -0.2) is 65.7 Å². The van der Waals surface area contributed by atoms with Crippen LogP contribution in [0.5, 0.6) is 0 Å². The van der Waals surface area contributed by atoms with E-state index < -0.39 is 53.8 Å². The molecule has 4 rings (SSSR count). The predicted molar refractivity (Wildman–Crippen MR) is 115 cm³/mol. The molecule has 1 aromatic carbocycles. The van der Waals surface area contributed by atoms with Crippen molar-refractivity contribution in [2.45, 2.75) is 34.7 Å². The average Bonchev–Trinajstić information content (AvgIpc) is 3.29. The molecular formula is C20H15BrF3N5O4S. The molecule has 0 spiro atoms. The Morgan fingerprint density at radius 2 is 1.88 bits per heavy atom. The van der Waals surface area contributed by atoms with Crippen LogP contribution in [0.15, 0.2) is 40.0 Å². The van der Waals surface area contributed by atoms with Crippen molar-refractivity contribution in [2.75, 3.05) is 6.61 Å². The molecule has 2 aromatic heterocycles. The minimum Gasteiger partial charge on any atom is -0.394 e. The Morgan fingerprint density at radius 1 is 1.18 bits per heavy atom. The lowest BCUT2D eigenvalue weighted by Crippen LogP contribution is -2.55. The Labute approximate surface area is 202 Å².